The van der Waals surface area contributed by atoms with Crippen LogP contribution in [-0.2, 0) is 13.0 Å². The van der Waals surface area contributed by atoms with Crippen molar-refractivity contribution in [1.82, 2.24) is 9.47 Å². The molecule has 0 radical (unpaired) electrons. The van der Waals surface area contributed by atoms with Crippen LogP contribution < -0.4 is 0 Å². The highest BCUT2D eigenvalue weighted by Gasteiger charge is 2.34. The minimum Gasteiger partial charge on any atom is -0.478 e. The maximum atomic E-state index is 11.3. The Kier molecular flexibility index (Phi) is 2.83. The van der Waals surface area contributed by atoms with Gasteiger partial charge >= 0.3 is 5.97 Å². The smallest absolute Gasteiger partial charge is 0.335 e. The van der Waals surface area contributed by atoms with Gasteiger partial charge in [0.15, 0.2) is 0 Å². The van der Waals surface area contributed by atoms with Gasteiger partial charge in [-0.25, -0.2) is 4.79 Å². The molecule has 1 N–H and O–H groups in total. The van der Waals surface area contributed by atoms with Crippen molar-refractivity contribution in [2.24, 2.45) is 0 Å². The van der Waals surface area contributed by atoms with E-state index in [9.17, 15) is 9.90 Å². The van der Waals surface area contributed by atoms with Gasteiger partial charge in [-0.15, -0.1) is 0 Å². The van der Waals surface area contributed by atoms with E-state index in [1.807, 2.05) is 12.1 Å². The van der Waals surface area contributed by atoms with Crippen LogP contribution in [0.1, 0.15) is 47.4 Å². The van der Waals surface area contributed by atoms with Gasteiger partial charge in [0.1, 0.15) is 0 Å². The van der Waals surface area contributed by atoms with Gasteiger partial charge in [-0.05, 0) is 49.9 Å². The molecular weight excluding hydrogens is 276 g/mol. The zero-order valence-electron chi connectivity index (χ0n) is 12.8. The fourth-order valence-electron chi connectivity index (χ4n) is 4.19. The van der Waals surface area contributed by atoms with Gasteiger partial charge in [-0.3, -0.25) is 0 Å². The Morgan fingerprint density at radius 3 is 2.91 bits per heavy atom. The molecule has 1 aliphatic carbocycles. The number of fused-ring (bicyclic) bond motifs is 3. The minimum atomic E-state index is -0.853. The molecule has 4 rings (SSSR count). The Morgan fingerprint density at radius 1 is 1.36 bits per heavy atom. The molecule has 22 heavy (non-hydrogen) atoms. The quantitative estimate of drug-likeness (QED) is 0.921. The molecule has 0 bridgehead atoms. The fraction of sp³-hybridized carbons (Fsp3) is 0.389. The molecule has 114 valence electrons. The van der Waals surface area contributed by atoms with Gasteiger partial charge in [-0.2, -0.15) is 0 Å². The standard InChI is InChI=1S/C18H20N2O2/c1-11(2)19-8-9-20-15-7-6-12(18(21)22)10-14(15)13-4-3-5-16(19)17(13)20/h6-7,10,16H,1,3-5,8-9H2,2H3,(H,21,22). The van der Waals surface area contributed by atoms with E-state index in [0.29, 0.717) is 11.6 Å². The normalized spacial score (nSPS) is 20.0. The number of nitrogens with zero attached hydrogens (tertiary/aromatic N) is 2. The van der Waals surface area contributed by atoms with Crippen molar-refractivity contribution in [2.45, 2.75) is 38.8 Å². The molecular formula is C18H20N2O2. The largest absolute Gasteiger partial charge is 0.478 e. The van der Waals surface area contributed by atoms with Crippen LogP contribution >= 0.6 is 0 Å². The van der Waals surface area contributed by atoms with Crippen molar-refractivity contribution >= 4 is 16.9 Å². The molecule has 2 heterocycles. The zero-order valence-corrected chi connectivity index (χ0v) is 12.8. The summed E-state index contributed by atoms with van der Waals surface area (Å²) < 4.78 is 2.40. The molecule has 0 saturated heterocycles. The van der Waals surface area contributed by atoms with Crippen LogP contribution in [0.5, 0.6) is 0 Å². The summed E-state index contributed by atoms with van der Waals surface area (Å²) in [6.07, 6.45) is 3.35. The summed E-state index contributed by atoms with van der Waals surface area (Å²) in [5.74, 6) is -0.853. The Balaban J connectivity index is 1.97. The van der Waals surface area contributed by atoms with Crippen molar-refractivity contribution in [3.05, 3.63) is 47.3 Å². The lowest BCUT2D eigenvalue weighted by Gasteiger charge is -2.41. The van der Waals surface area contributed by atoms with E-state index in [0.717, 1.165) is 43.4 Å². The van der Waals surface area contributed by atoms with Crippen LogP contribution in [0.3, 0.4) is 0 Å². The highest BCUT2D eigenvalue weighted by Crippen LogP contribution is 2.43. The van der Waals surface area contributed by atoms with Crippen molar-refractivity contribution in [1.29, 1.82) is 0 Å². The lowest BCUT2D eigenvalue weighted by Crippen LogP contribution is -2.38. The molecule has 1 aliphatic heterocycles. The molecule has 2 aliphatic rings. The SMILES string of the molecule is C=C(C)N1CCn2c3c(c4cc(C(=O)O)ccc42)CCCC31. The van der Waals surface area contributed by atoms with E-state index in [1.54, 1.807) is 6.07 Å². The lowest BCUT2D eigenvalue weighted by molar-refractivity contribution is 0.0697. The third-order valence-corrected chi connectivity index (χ3v) is 5.11. The number of aryl methyl sites for hydroxylation is 1. The van der Waals surface area contributed by atoms with Crippen molar-refractivity contribution < 1.29 is 9.90 Å². The number of carboxylic acids is 1. The van der Waals surface area contributed by atoms with E-state index >= 15 is 0 Å². The Hall–Kier alpha value is -2.23. The summed E-state index contributed by atoms with van der Waals surface area (Å²) in [5, 5.41) is 10.4. The maximum absolute atomic E-state index is 11.3. The molecule has 1 aromatic heterocycles. The second kappa shape index (κ2) is 4.63. The van der Waals surface area contributed by atoms with Crippen LogP contribution in [0.15, 0.2) is 30.5 Å². The second-order valence-corrected chi connectivity index (χ2v) is 6.39. The monoisotopic (exact) mass is 296 g/mol. The van der Waals surface area contributed by atoms with Crippen LogP contribution in [0.2, 0.25) is 0 Å². The average Bonchev–Trinajstić information content (AvgIpc) is 2.83. The summed E-state index contributed by atoms with van der Waals surface area (Å²) in [6, 6.07) is 5.95. The number of benzene rings is 1. The van der Waals surface area contributed by atoms with Gasteiger partial charge in [0.2, 0.25) is 0 Å². The highest BCUT2D eigenvalue weighted by atomic mass is 16.4. The van der Waals surface area contributed by atoms with Crippen molar-refractivity contribution in [3.63, 3.8) is 0 Å². The number of carbonyl (C=O) groups is 1. The Labute approximate surface area is 129 Å². The zero-order chi connectivity index (χ0) is 15.4. The summed E-state index contributed by atoms with van der Waals surface area (Å²) in [6.45, 7) is 8.14. The first-order valence-corrected chi connectivity index (χ1v) is 7.88. The molecule has 0 fully saturated rings. The summed E-state index contributed by atoms with van der Waals surface area (Å²) in [4.78, 5) is 13.7. The van der Waals surface area contributed by atoms with Crippen LogP contribution in [0.4, 0.5) is 0 Å². The van der Waals surface area contributed by atoms with Gasteiger partial charge in [0.25, 0.3) is 0 Å². The lowest BCUT2D eigenvalue weighted by atomic mass is 9.89. The number of rotatable bonds is 2. The first-order valence-electron chi connectivity index (χ1n) is 7.88. The van der Waals surface area contributed by atoms with E-state index in [-0.39, 0.29) is 0 Å². The molecule has 2 aromatic rings. The molecule has 1 unspecified atom stereocenters. The topological polar surface area (TPSA) is 45.5 Å². The Morgan fingerprint density at radius 2 is 2.18 bits per heavy atom. The van der Waals surface area contributed by atoms with E-state index in [1.165, 1.54) is 16.8 Å². The van der Waals surface area contributed by atoms with Gasteiger partial charge < -0.3 is 14.6 Å². The minimum absolute atomic E-state index is 0.380. The van der Waals surface area contributed by atoms with Crippen LogP contribution in [0, 0.1) is 0 Å². The predicted octanol–water partition coefficient (Wildman–Crippen LogP) is 3.57. The molecule has 0 amide bonds. The van der Waals surface area contributed by atoms with Gasteiger partial charge in [0.05, 0.1) is 11.6 Å². The van der Waals surface area contributed by atoms with E-state index in [2.05, 4.69) is 23.0 Å². The van der Waals surface area contributed by atoms with Crippen LogP contribution in [-0.4, -0.2) is 27.1 Å². The summed E-state index contributed by atoms with van der Waals surface area (Å²) in [5.41, 5.74) is 5.42. The van der Waals surface area contributed by atoms with Crippen LogP contribution in [0.25, 0.3) is 10.9 Å². The number of hydrogen-bond donors (Lipinski definition) is 1. The second-order valence-electron chi connectivity index (χ2n) is 6.39. The Bertz CT molecular complexity index is 803. The van der Waals surface area contributed by atoms with Gasteiger partial charge in [0, 0.05) is 35.4 Å². The number of aromatic nitrogens is 1. The molecule has 1 aromatic carbocycles. The number of aromatic carboxylic acids is 1. The van der Waals surface area contributed by atoms with Gasteiger partial charge in [-0.1, -0.05) is 6.58 Å². The fourth-order valence-corrected chi connectivity index (χ4v) is 4.19. The summed E-state index contributed by atoms with van der Waals surface area (Å²) in [7, 11) is 0. The molecule has 4 heteroatoms. The van der Waals surface area contributed by atoms with E-state index < -0.39 is 5.97 Å². The number of hydrogen-bond acceptors (Lipinski definition) is 2. The molecule has 4 nitrogen and oxygen atoms in total. The van der Waals surface area contributed by atoms with Crippen molar-refractivity contribution in [2.75, 3.05) is 6.54 Å². The molecule has 0 spiro atoms. The third-order valence-electron chi connectivity index (χ3n) is 5.11. The molecule has 0 saturated carbocycles. The van der Waals surface area contributed by atoms with E-state index in [4.69, 9.17) is 0 Å². The predicted molar refractivity (Wildman–Crippen MR) is 86.1 cm³/mol. The third kappa shape index (κ3) is 1.73. The molecule has 1 atom stereocenters. The maximum Gasteiger partial charge on any atom is 0.335 e. The number of allylic oxidation sites excluding steroid dienone is 1. The summed E-state index contributed by atoms with van der Waals surface area (Å²) >= 11 is 0. The van der Waals surface area contributed by atoms with Crippen molar-refractivity contribution in [3.8, 4) is 0 Å². The first kappa shape index (κ1) is 13.4. The average molecular weight is 296 g/mol. The highest BCUT2D eigenvalue weighted by molar-refractivity contribution is 5.95. The number of carboxylic acid groups (broad SMARTS) is 1. The first-order chi connectivity index (χ1) is 10.6.